The zero-order chi connectivity index (χ0) is 12.8. The van der Waals surface area contributed by atoms with Crippen LogP contribution in [0.4, 0.5) is 5.69 Å². The first-order chi connectivity index (χ1) is 8.02. The van der Waals surface area contributed by atoms with Crippen LogP contribution in [0.2, 0.25) is 0 Å². The monoisotopic (exact) mass is 251 g/mol. The highest BCUT2D eigenvalue weighted by Gasteiger charge is 2.06. The van der Waals surface area contributed by atoms with Crippen LogP contribution in [0, 0.1) is 0 Å². The minimum Gasteiger partial charge on any atom is -0.366 e. The van der Waals surface area contributed by atoms with Crippen molar-refractivity contribution in [2.24, 2.45) is 0 Å². The van der Waals surface area contributed by atoms with Gasteiger partial charge in [0.1, 0.15) is 0 Å². The van der Waals surface area contributed by atoms with Crippen molar-refractivity contribution in [2.45, 2.75) is 0 Å². The number of carbonyl (C=O) groups excluding carboxylic acids is 1. The van der Waals surface area contributed by atoms with Gasteiger partial charge in [-0.15, -0.1) is 0 Å². The number of carbonyl (C=O) groups is 1. The van der Waals surface area contributed by atoms with E-state index in [0.29, 0.717) is 17.2 Å². The lowest BCUT2D eigenvalue weighted by molar-refractivity contribution is 0.0958. The third-order valence-electron chi connectivity index (χ3n) is 2.15. The molecule has 0 aliphatic carbocycles. The quantitative estimate of drug-likeness (QED) is 0.624. The van der Waals surface area contributed by atoms with Gasteiger partial charge in [0.15, 0.2) is 10.9 Å². The lowest BCUT2D eigenvalue weighted by Crippen LogP contribution is -2.24. The van der Waals surface area contributed by atoms with Gasteiger partial charge in [0.25, 0.3) is 0 Å². The van der Waals surface area contributed by atoms with Gasteiger partial charge in [0.05, 0.1) is 6.54 Å². The number of hydrogen-bond donors (Lipinski definition) is 2. The highest BCUT2D eigenvalue weighted by atomic mass is 32.1. The maximum atomic E-state index is 11.7. The molecular weight excluding hydrogens is 234 g/mol. The van der Waals surface area contributed by atoms with Crippen molar-refractivity contribution in [3.8, 4) is 0 Å². The fourth-order valence-electron chi connectivity index (χ4n) is 1.31. The van der Waals surface area contributed by atoms with Crippen LogP contribution in [-0.2, 0) is 0 Å². The number of thiocarbonyl (C=S) groups is 1. The topological polar surface area (TPSA) is 44.4 Å². The van der Waals surface area contributed by atoms with E-state index < -0.39 is 0 Å². The van der Waals surface area contributed by atoms with E-state index in [9.17, 15) is 4.79 Å². The molecule has 0 amide bonds. The summed E-state index contributed by atoms with van der Waals surface area (Å²) in [6.07, 6.45) is 0. The zero-order valence-corrected chi connectivity index (χ0v) is 11.1. The van der Waals surface area contributed by atoms with E-state index in [1.165, 1.54) is 0 Å². The van der Waals surface area contributed by atoms with Gasteiger partial charge in [-0.1, -0.05) is 0 Å². The molecule has 0 atom stereocenters. The number of likely N-dealkylation sites (N-methyl/N-ethyl adjacent to an activating group) is 1. The molecular formula is C12H17N3OS. The molecule has 0 saturated heterocycles. The van der Waals surface area contributed by atoms with Gasteiger partial charge in [-0.05, 0) is 50.6 Å². The summed E-state index contributed by atoms with van der Waals surface area (Å²) >= 11 is 4.98. The number of benzene rings is 1. The minimum absolute atomic E-state index is 0.109. The average Bonchev–Trinajstić information content (AvgIpc) is 2.28. The summed E-state index contributed by atoms with van der Waals surface area (Å²) in [7, 11) is 5.50. The first-order valence-electron chi connectivity index (χ1n) is 5.29. The molecule has 0 bridgehead atoms. The number of anilines is 1. The van der Waals surface area contributed by atoms with E-state index in [2.05, 4.69) is 10.6 Å². The van der Waals surface area contributed by atoms with Crippen LogP contribution in [0.5, 0.6) is 0 Å². The lowest BCUT2D eigenvalue weighted by atomic mass is 10.1. The van der Waals surface area contributed by atoms with Gasteiger partial charge in [0, 0.05) is 18.3 Å². The summed E-state index contributed by atoms with van der Waals surface area (Å²) in [6.45, 7) is 0.418. The third kappa shape index (κ3) is 4.50. The molecule has 5 heteroatoms. The van der Waals surface area contributed by atoms with E-state index in [0.717, 1.165) is 5.69 Å². The molecule has 0 aliphatic heterocycles. The Morgan fingerprint density at radius 3 is 2.35 bits per heavy atom. The molecule has 0 heterocycles. The molecule has 1 aromatic carbocycles. The summed E-state index contributed by atoms with van der Waals surface area (Å²) in [5, 5.41) is 6.37. The Labute approximate surface area is 107 Å². The fraction of sp³-hybridized carbons (Fsp3) is 0.333. The summed E-state index contributed by atoms with van der Waals surface area (Å²) in [5.41, 5.74) is 1.57. The number of nitrogens with zero attached hydrogens (tertiary/aromatic N) is 1. The predicted molar refractivity (Wildman–Crippen MR) is 74.6 cm³/mol. The highest BCUT2D eigenvalue weighted by Crippen LogP contribution is 2.10. The Balaban J connectivity index is 2.67. The van der Waals surface area contributed by atoms with E-state index in [1.807, 2.05) is 31.1 Å². The van der Waals surface area contributed by atoms with Crippen LogP contribution in [0.1, 0.15) is 10.4 Å². The normalized spacial score (nSPS) is 10.1. The molecule has 2 N–H and O–H groups in total. The second kappa shape index (κ2) is 6.32. The molecule has 0 unspecified atom stereocenters. The van der Waals surface area contributed by atoms with Crippen LogP contribution in [-0.4, -0.2) is 43.5 Å². The van der Waals surface area contributed by atoms with Crippen molar-refractivity contribution in [3.05, 3.63) is 29.8 Å². The SMILES string of the molecule is CNC(=S)Nc1ccc(C(=O)CN(C)C)cc1. The van der Waals surface area contributed by atoms with Crippen molar-refractivity contribution in [3.63, 3.8) is 0 Å². The molecule has 4 nitrogen and oxygen atoms in total. The van der Waals surface area contributed by atoms with Crippen LogP contribution in [0.25, 0.3) is 0 Å². The van der Waals surface area contributed by atoms with E-state index >= 15 is 0 Å². The summed E-state index contributed by atoms with van der Waals surface area (Å²) < 4.78 is 0. The van der Waals surface area contributed by atoms with Gasteiger partial charge >= 0.3 is 0 Å². The molecule has 0 fully saturated rings. The first kappa shape index (κ1) is 13.6. The average molecular weight is 251 g/mol. The number of Topliss-reactive ketones (excluding diaryl/α,β-unsaturated/α-hetero) is 1. The maximum Gasteiger partial charge on any atom is 0.176 e. The molecule has 0 saturated carbocycles. The Morgan fingerprint density at radius 2 is 1.88 bits per heavy atom. The van der Waals surface area contributed by atoms with E-state index in [1.54, 1.807) is 19.2 Å². The largest absolute Gasteiger partial charge is 0.366 e. The summed E-state index contributed by atoms with van der Waals surface area (Å²) in [5.74, 6) is 0.109. The number of nitrogens with one attached hydrogen (secondary N) is 2. The van der Waals surface area contributed by atoms with Crippen LogP contribution in [0.15, 0.2) is 24.3 Å². The number of hydrogen-bond acceptors (Lipinski definition) is 3. The molecule has 0 radical (unpaired) electrons. The second-order valence-corrected chi connectivity index (χ2v) is 4.35. The van der Waals surface area contributed by atoms with Crippen molar-refractivity contribution in [1.82, 2.24) is 10.2 Å². The minimum atomic E-state index is 0.109. The van der Waals surface area contributed by atoms with Gasteiger partial charge < -0.3 is 15.5 Å². The highest BCUT2D eigenvalue weighted by molar-refractivity contribution is 7.80. The molecule has 0 spiro atoms. The molecule has 0 aromatic heterocycles. The zero-order valence-electron chi connectivity index (χ0n) is 10.3. The smallest absolute Gasteiger partial charge is 0.176 e. The van der Waals surface area contributed by atoms with Crippen molar-refractivity contribution in [2.75, 3.05) is 33.0 Å². The third-order valence-corrected chi connectivity index (χ3v) is 2.46. The standard InChI is InChI=1S/C12H17N3OS/c1-13-12(17)14-10-6-4-9(5-7-10)11(16)8-15(2)3/h4-7H,8H2,1-3H3,(H2,13,14,17). The van der Waals surface area contributed by atoms with Crippen molar-refractivity contribution in [1.29, 1.82) is 0 Å². The van der Waals surface area contributed by atoms with E-state index in [4.69, 9.17) is 12.2 Å². The van der Waals surface area contributed by atoms with Gasteiger partial charge in [0.2, 0.25) is 0 Å². The lowest BCUT2D eigenvalue weighted by Gasteiger charge is -2.10. The maximum absolute atomic E-state index is 11.7. The molecule has 1 aromatic rings. The summed E-state index contributed by atoms with van der Waals surface area (Å²) in [4.78, 5) is 13.6. The van der Waals surface area contributed by atoms with E-state index in [-0.39, 0.29) is 5.78 Å². The molecule has 92 valence electrons. The Morgan fingerprint density at radius 1 is 1.29 bits per heavy atom. The first-order valence-corrected chi connectivity index (χ1v) is 5.70. The fourth-order valence-corrected chi connectivity index (χ4v) is 1.43. The number of rotatable bonds is 4. The van der Waals surface area contributed by atoms with Crippen LogP contribution < -0.4 is 10.6 Å². The Bertz CT molecular complexity index is 401. The van der Waals surface area contributed by atoms with Crippen LogP contribution in [0.3, 0.4) is 0 Å². The van der Waals surface area contributed by atoms with Crippen molar-refractivity contribution >= 4 is 28.8 Å². The van der Waals surface area contributed by atoms with Gasteiger partial charge in [-0.3, -0.25) is 4.79 Å². The Hall–Kier alpha value is -1.46. The molecule has 17 heavy (non-hydrogen) atoms. The Kier molecular flexibility index (Phi) is 5.06. The molecule has 0 aliphatic rings. The second-order valence-electron chi connectivity index (χ2n) is 3.94. The van der Waals surface area contributed by atoms with Crippen LogP contribution >= 0.6 is 12.2 Å². The summed E-state index contributed by atoms with van der Waals surface area (Å²) in [6, 6.07) is 7.28. The number of ketones is 1. The molecule has 1 rings (SSSR count). The van der Waals surface area contributed by atoms with Gasteiger partial charge in [-0.2, -0.15) is 0 Å². The van der Waals surface area contributed by atoms with Crippen molar-refractivity contribution < 1.29 is 4.79 Å². The van der Waals surface area contributed by atoms with Gasteiger partial charge in [-0.25, -0.2) is 0 Å². The predicted octanol–water partition coefficient (Wildman–Crippen LogP) is 1.35.